The molecule has 2 nitrogen and oxygen atoms in total. The summed E-state index contributed by atoms with van der Waals surface area (Å²) in [5, 5.41) is 4.40. The predicted octanol–water partition coefficient (Wildman–Crippen LogP) is 6.72. The molecule has 2 aromatic carbocycles. The van der Waals surface area contributed by atoms with Crippen molar-refractivity contribution in [3.63, 3.8) is 0 Å². The van der Waals surface area contributed by atoms with Crippen LogP contribution in [-0.2, 0) is 5.75 Å². The van der Waals surface area contributed by atoms with Gasteiger partial charge < -0.3 is 0 Å². The van der Waals surface area contributed by atoms with Crippen molar-refractivity contribution >= 4 is 49.2 Å². The summed E-state index contributed by atoms with van der Waals surface area (Å²) in [5.74, 6) is 0.891. The average Bonchev–Trinajstić information content (AvgIpc) is 3.07. The molecule has 4 aromatic rings. The zero-order valence-electron chi connectivity index (χ0n) is 13.6. The molecular weight excluding hydrogens is 412 g/mol. The Morgan fingerprint density at radius 2 is 1.76 bits per heavy atom. The summed E-state index contributed by atoms with van der Waals surface area (Å²) in [7, 11) is 0. The first kappa shape index (κ1) is 16.8. The van der Waals surface area contributed by atoms with Gasteiger partial charge in [0.1, 0.15) is 16.2 Å². The molecule has 25 heavy (non-hydrogen) atoms. The monoisotopic (exact) mass is 426 g/mol. The van der Waals surface area contributed by atoms with Crippen LogP contribution >= 0.6 is 39.0 Å². The van der Waals surface area contributed by atoms with Crippen LogP contribution in [0.2, 0.25) is 0 Å². The van der Waals surface area contributed by atoms with Gasteiger partial charge in [-0.05, 0) is 30.2 Å². The Morgan fingerprint density at radius 3 is 2.52 bits per heavy atom. The van der Waals surface area contributed by atoms with Crippen LogP contribution in [0.25, 0.3) is 21.3 Å². The van der Waals surface area contributed by atoms with Crippen LogP contribution in [-0.4, -0.2) is 9.97 Å². The van der Waals surface area contributed by atoms with Gasteiger partial charge in [0.2, 0.25) is 0 Å². The molecule has 2 aromatic heterocycles. The number of thioether (sulfide) groups is 1. The van der Waals surface area contributed by atoms with Gasteiger partial charge in [-0.3, -0.25) is 0 Å². The largest absolute Gasteiger partial charge is 0.229 e. The maximum atomic E-state index is 4.56. The Hall–Kier alpha value is -1.69. The summed E-state index contributed by atoms with van der Waals surface area (Å²) >= 11 is 6.93. The fourth-order valence-corrected chi connectivity index (χ4v) is 4.85. The minimum absolute atomic E-state index is 0.891. The highest BCUT2D eigenvalue weighted by molar-refractivity contribution is 9.10. The second kappa shape index (κ2) is 7.28. The topological polar surface area (TPSA) is 25.8 Å². The van der Waals surface area contributed by atoms with E-state index in [2.05, 4.69) is 86.7 Å². The van der Waals surface area contributed by atoms with Gasteiger partial charge >= 0.3 is 0 Å². The average molecular weight is 427 g/mol. The molecule has 2 heterocycles. The number of aromatic nitrogens is 2. The number of thiophene rings is 1. The lowest BCUT2D eigenvalue weighted by Crippen LogP contribution is -1.87. The van der Waals surface area contributed by atoms with Crippen molar-refractivity contribution in [2.75, 3.05) is 0 Å². The summed E-state index contributed by atoms with van der Waals surface area (Å²) in [6, 6.07) is 17.1. The first-order valence-corrected chi connectivity index (χ1v) is 10.5. The SMILES string of the molecule is Cc1ccc(-c2csc3ncnc(SCc4ccc(Br)cc4)c23)cc1. The van der Waals surface area contributed by atoms with E-state index >= 15 is 0 Å². The lowest BCUT2D eigenvalue weighted by molar-refractivity contribution is 1.11. The van der Waals surface area contributed by atoms with Crippen molar-refractivity contribution in [2.24, 2.45) is 0 Å². The highest BCUT2D eigenvalue weighted by atomic mass is 79.9. The van der Waals surface area contributed by atoms with Crippen LogP contribution in [0.5, 0.6) is 0 Å². The molecule has 0 aliphatic heterocycles. The summed E-state index contributed by atoms with van der Waals surface area (Å²) in [6.45, 7) is 2.11. The van der Waals surface area contributed by atoms with Crippen molar-refractivity contribution in [3.05, 3.63) is 75.8 Å². The molecule has 0 amide bonds. The predicted molar refractivity (Wildman–Crippen MR) is 111 cm³/mol. The molecule has 5 heteroatoms. The first-order chi connectivity index (χ1) is 12.2. The Labute approximate surface area is 163 Å². The molecule has 0 aliphatic carbocycles. The minimum atomic E-state index is 0.891. The van der Waals surface area contributed by atoms with Crippen molar-refractivity contribution in [3.8, 4) is 11.1 Å². The molecule has 124 valence electrons. The number of hydrogen-bond acceptors (Lipinski definition) is 4. The smallest absolute Gasteiger partial charge is 0.128 e. The van der Waals surface area contributed by atoms with Gasteiger partial charge in [-0.25, -0.2) is 9.97 Å². The zero-order chi connectivity index (χ0) is 17.2. The lowest BCUT2D eigenvalue weighted by atomic mass is 10.1. The number of aryl methyl sites for hydroxylation is 1. The van der Waals surface area contributed by atoms with E-state index in [-0.39, 0.29) is 0 Å². The van der Waals surface area contributed by atoms with Gasteiger partial charge in [-0.2, -0.15) is 0 Å². The Balaban J connectivity index is 1.70. The molecule has 4 rings (SSSR count). The molecule has 0 saturated heterocycles. The van der Waals surface area contributed by atoms with Crippen molar-refractivity contribution in [2.45, 2.75) is 17.7 Å². The number of benzene rings is 2. The third-order valence-corrected chi connectivity index (χ3v) is 6.46. The highest BCUT2D eigenvalue weighted by Crippen LogP contribution is 2.38. The van der Waals surface area contributed by atoms with Crippen LogP contribution < -0.4 is 0 Å². The number of halogens is 1. The number of fused-ring (bicyclic) bond motifs is 1. The van der Waals surface area contributed by atoms with Crippen LogP contribution in [0.4, 0.5) is 0 Å². The summed E-state index contributed by atoms with van der Waals surface area (Å²) < 4.78 is 1.10. The highest BCUT2D eigenvalue weighted by Gasteiger charge is 2.13. The second-order valence-corrected chi connectivity index (χ2v) is 8.53. The van der Waals surface area contributed by atoms with Crippen molar-refractivity contribution in [1.29, 1.82) is 0 Å². The third-order valence-electron chi connectivity index (χ3n) is 3.99. The molecule has 0 radical (unpaired) electrons. The van der Waals surface area contributed by atoms with Gasteiger partial charge in [0.15, 0.2) is 0 Å². The van der Waals surface area contributed by atoms with Crippen LogP contribution in [0.1, 0.15) is 11.1 Å². The fraction of sp³-hybridized carbons (Fsp3) is 0.100. The summed E-state index contributed by atoms with van der Waals surface area (Å²) in [4.78, 5) is 10.1. The van der Waals surface area contributed by atoms with Gasteiger partial charge in [0.25, 0.3) is 0 Å². The molecule has 0 aliphatic rings. The van der Waals surface area contributed by atoms with E-state index < -0.39 is 0 Å². The molecule has 0 saturated carbocycles. The molecular formula is C20H15BrN2S2. The van der Waals surface area contributed by atoms with Crippen LogP contribution in [0, 0.1) is 6.92 Å². The van der Waals surface area contributed by atoms with E-state index in [9.17, 15) is 0 Å². The van der Waals surface area contributed by atoms with Crippen LogP contribution in [0.15, 0.2) is 69.7 Å². The van der Waals surface area contributed by atoms with Crippen molar-refractivity contribution in [1.82, 2.24) is 9.97 Å². The van der Waals surface area contributed by atoms with E-state index in [0.717, 1.165) is 20.1 Å². The Morgan fingerprint density at radius 1 is 1.00 bits per heavy atom. The maximum absolute atomic E-state index is 4.56. The van der Waals surface area contributed by atoms with Gasteiger partial charge in [0, 0.05) is 21.2 Å². The quantitative estimate of drug-likeness (QED) is 0.267. The first-order valence-electron chi connectivity index (χ1n) is 7.87. The third kappa shape index (κ3) is 3.64. The minimum Gasteiger partial charge on any atom is -0.229 e. The second-order valence-electron chi connectivity index (χ2n) is 5.79. The molecule has 0 unspecified atom stereocenters. The molecule has 0 bridgehead atoms. The van der Waals surface area contributed by atoms with Crippen molar-refractivity contribution < 1.29 is 0 Å². The normalized spacial score (nSPS) is 11.1. The van der Waals surface area contributed by atoms with E-state index in [1.165, 1.54) is 27.6 Å². The van der Waals surface area contributed by atoms with E-state index in [4.69, 9.17) is 0 Å². The zero-order valence-corrected chi connectivity index (χ0v) is 16.8. The summed E-state index contributed by atoms with van der Waals surface area (Å²) in [6.07, 6.45) is 1.67. The number of hydrogen-bond donors (Lipinski definition) is 0. The maximum Gasteiger partial charge on any atom is 0.128 e. The fourth-order valence-electron chi connectivity index (χ4n) is 2.64. The molecule has 0 spiro atoms. The van der Waals surface area contributed by atoms with Gasteiger partial charge in [-0.15, -0.1) is 23.1 Å². The van der Waals surface area contributed by atoms with Gasteiger partial charge in [-0.1, -0.05) is 57.9 Å². The van der Waals surface area contributed by atoms with E-state index in [0.29, 0.717) is 0 Å². The van der Waals surface area contributed by atoms with Gasteiger partial charge in [0.05, 0.1) is 5.39 Å². The Bertz CT molecular complexity index is 1010. The molecule has 0 fully saturated rings. The summed E-state index contributed by atoms with van der Waals surface area (Å²) in [5.41, 5.74) is 4.99. The van der Waals surface area contributed by atoms with E-state index in [1.54, 1.807) is 29.4 Å². The molecule has 0 N–H and O–H groups in total. The molecule has 0 atom stereocenters. The number of nitrogens with zero attached hydrogens (tertiary/aromatic N) is 2. The lowest BCUT2D eigenvalue weighted by Gasteiger charge is -2.06. The number of rotatable bonds is 4. The van der Waals surface area contributed by atoms with E-state index in [1.807, 2.05) is 0 Å². The van der Waals surface area contributed by atoms with Crippen LogP contribution in [0.3, 0.4) is 0 Å². The standard InChI is InChI=1S/C20H15BrN2S2/c1-13-2-6-15(7-3-13)17-11-25-20-18(17)19(22-12-23-20)24-10-14-4-8-16(21)9-5-14/h2-9,11-12H,10H2,1H3. The Kier molecular flexibility index (Phi) is 4.88.